The molecule has 2 aromatic carbocycles. The molecule has 0 saturated carbocycles. The van der Waals surface area contributed by atoms with E-state index in [0.29, 0.717) is 17.1 Å². The molecule has 8 heteroatoms. The van der Waals surface area contributed by atoms with Crippen molar-refractivity contribution < 1.29 is 14.4 Å². The van der Waals surface area contributed by atoms with Crippen LogP contribution in [0.4, 0.5) is 26.7 Å². The van der Waals surface area contributed by atoms with Crippen LogP contribution in [0.2, 0.25) is 0 Å². The molecule has 0 saturated heterocycles. The molecule has 1 unspecified atom stereocenters. The summed E-state index contributed by atoms with van der Waals surface area (Å²) >= 11 is 0. The van der Waals surface area contributed by atoms with E-state index in [9.17, 15) is 14.4 Å². The summed E-state index contributed by atoms with van der Waals surface area (Å²) in [7, 11) is 1.43. The molecule has 0 aliphatic carbocycles. The Labute approximate surface area is 151 Å². The molecule has 0 aromatic heterocycles. The topological polar surface area (TPSA) is 111 Å². The average Bonchev–Trinajstić information content (AvgIpc) is 2.62. The van der Waals surface area contributed by atoms with Gasteiger partial charge < -0.3 is 21.3 Å². The van der Waals surface area contributed by atoms with Gasteiger partial charge in [0.15, 0.2) is 0 Å². The van der Waals surface area contributed by atoms with E-state index in [2.05, 4.69) is 26.6 Å². The number of imide groups is 1. The zero-order valence-corrected chi connectivity index (χ0v) is 14.5. The lowest BCUT2D eigenvalue weighted by Crippen LogP contribution is -2.44. The summed E-state index contributed by atoms with van der Waals surface area (Å²) in [5.41, 5.74) is 1.86. The minimum absolute atomic E-state index is 0.376. The zero-order valence-electron chi connectivity index (χ0n) is 14.5. The van der Waals surface area contributed by atoms with Gasteiger partial charge in [0.2, 0.25) is 5.91 Å². The Kier molecular flexibility index (Phi) is 6.55. The van der Waals surface area contributed by atoms with Crippen molar-refractivity contribution in [3.63, 3.8) is 0 Å². The fourth-order valence-electron chi connectivity index (χ4n) is 2.10. The van der Waals surface area contributed by atoms with Gasteiger partial charge in [-0.3, -0.25) is 10.1 Å². The number of benzene rings is 2. The van der Waals surface area contributed by atoms with Crippen LogP contribution in [-0.4, -0.2) is 31.1 Å². The Bertz CT molecular complexity index is 779. The predicted octanol–water partition coefficient (Wildman–Crippen LogP) is 2.59. The second-order valence-corrected chi connectivity index (χ2v) is 5.46. The minimum Gasteiger partial charge on any atom is -0.374 e. The van der Waals surface area contributed by atoms with Crippen LogP contribution in [0.1, 0.15) is 6.92 Å². The van der Waals surface area contributed by atoms with Crippen molar-refractivity contribution in [2.24, 2.45) is 0 Å². The standard InChI is InChI=1S/C18H21N5O3/c1-12(16(24)23-17(25)19-2)20-14-9-6-10-15(11-14)22-18(26)21-13-7-4-3-5-8-13/h3-12,20H,1-2H3,(H2,21,22,26)(H2,19,23,24,25). The fraction of sp³-hybridized carbons (Fsp3) is 0.167. The average molecular weight is 355 g/mol. The number of hydrogen-bond acceptors (Lipinski definition) is 4. The van der Waals surface area contributed by atoms with Crippen molar-refractivity contribution in [3.8, 4) is 0 Å². The Hall–Kier alpha value is -3.55. The van der Waals surface area contributed by atoms with E-state index in [1.54, 1.807) is 43.3 Å². The Morgan fingerprint density at radius 3 is 2.12 bits per heavy atom. The maximum atomic E-state index is 12.0. The molecule has 0 aliphatic rings. The van der Waals surface area contributed by atoms with Crippen molar-refractivity contribution in [1.29, 1.82) is 0 Å². The van der Waals surface area contributed by atoms with Crippen LogP contribution in [0.15, 0.2) is 54.6 Å². The molecule has 26 heavy (non-hydrogen) atoms. The van der Waals surface area contributed by atoms with E-state index in [1.807, 2.05) is 18.2 Å². The molecule has 0 heterocycles. The number of nitrogens with one attached hydrogen (secondary N) is 5. The molecule has 0 spiro atoms. The predicted molar refractivity (Wildman–Crippen MR) is 101 cm³/mol. The number of para-hydroxylation sites is 1. The molecule has 0 fully saturated rings. The first-order valence-electron chi connectivity index (χ1n) is 8.00. The van der Waals surface area contributed by atoms with Gasteiger partial charge in [-0.05, 0) is 37.3 Å². The highest BCUT2D eigenvalue weighted by atomic mass is 16.2. The Balaban J connectivity index is 1.93. The second kappa shape index (κ2) is 9.07. The molecule has 0 aliphatic heterocycles. The minimum atomic E-state index is -0.638. The maximum Gasteiger partial charge on any atom is 0.323 e. The van der Waals surface area contributed by atoms with Gasteiger partial charge in [-0.1, -0.05) is 24.3 Å². The molecule has 1 atom stereocenters. The highest BCUT2D eigenvalue weighted by Crippen LogP contribution is 2.16. The monoisotopic (exact) mass is 355 g/mol. The first-order chi connectivity index (χ1) is 12.5. The third kappa shape index (κ3) is 5.82. The van der Waals surface area contributed by atoms with E-state index >= 15 is 0 Å². The number of hydrogen-bond donors (Lipinski definition) is 5. The Morgan fingerprint density at radius 1 is 0.808 bits per heavy atom. The van der Waals surface area contributed by atoms with E-state index in [0.717, 1.165) is 0 Å². The summed E-state index contributed by atoms with van der Waals surface area (Å²) in [5, 5.41) is 12.9. The first kappa shape index (κ1) is 18.8. The van der Waals surface area contributed by atoms with Gasteiger partial charge in [-0.15, -0.1) is 0 Å². The summed E-state index contributed by atoms with van der Waals surface area (Å²) < 4.78 is 0. The van der Waals surface area contributed by atoms with E-state index in [1.165, 1.54) is 7.05 Å². The number of carbonyl (C=O) groups is 3. The largest absolute Gasteiger partial charge is 0.374 e. The molecule has 0 radical (unpaired) electrons. The molecule has 5 N–H and O–H groups in total. The lowest BCUT2D eigenvalue weighted by molar-refractivity contribution is -0.120. The molecule has 8 nitrogen and oxygen atoms in total. The third-order valence-corrected chi connectivity index (χ3v) is 3.39. The molecule has 136 valence electrons. The summed E-state index contributed by atoms with van der Waals surface area (Å²) in [6.45, 7) is 1.63. The number of anilines is 3. The number of carbonyl (C=O) groups excluding carboxylic acids is 3. The van der Waals surface area contributed by atoms with Crippen molar-refractivity contribution >= 4 is 35.0 Å². The van der Waals surface area contributed by atoms with Crippen LogP contribution in [0, 0.1) is 0 Å². The van der Waals surface area contributed by atoms with Crippen LogP contribution >= 0.6 is 0 Å². The van der Waals surface area contributed by atoms with E-state index in [-0.39, 0.29) is 6.03 Å². The van der Waals surface area contributed by atoms with Crippen LogP contribution in [0.3, 0.4) is 0 Å². The maximum absolute atomic E-state index is 12.0. The molecule has 0 bridgehead atoms. The van der Waals surface area contributed by atoms with Crippen molar-refractivity contribution in [1.82, 2.24) is 10.6 Å². The summed E-state index contributed by atoms with van der Waals surface area (Å²) in [6.07, 6.45) is 0. The number of rotatable bonds is 5. The summed E-state index contributed by atoms with van der Waals surface area (Å²) in [4.78, 5) is 35.1. The van der Waals surface area contributed by atoms with Crippen LogP contribution in [0.5, 0.6) is 0 Å². The number of amides is 5. The smallest absolute Gasteiger partial charge is 0.323 e. The van der Waals surface area contributed by atoms with Gasteiger partial charge in [0.05, 0.1) is 0 Å². The van der Waals surface area contributed by atoms with Crippen molar-refractivity contribution in [3.05, 3.63) is 54.6 Å². The Morgan fingerprint density at radius 2 is 1.42 bits per heavy atom. The van der Waals surface area contributed by atoms with Gasteiger partial charge in [0.1, 0.15) is 6.04 Å². The van der Waals surface area contributed by atoms with E-state index in [4.69, 9.17) is 0 Å². The zero-order chi connectivity index (χ0) is 18.9. The van der Waals surface area contributed by atoms with Crippen LogP contribution in [-0.2, 0) is 4.79 Å². The number of urea groups is 2. The fourth-order valence-corrected chi connectivity index (χ4v) is 2.10. The second-order valence-electron chi connectivity index (χ2n) is 5.46. The molecule has 2 aromatic rings. The van der Waals surface area contributed by atoms with Crippen LogP contribution < -0.4 is 26.6 Å². The highest BCUT2D eigenvalue weighted by molar-refractivity contribution is 6.00. The van der Waals surface area contributed by atoms with Crippen LogP contribution in [0.25, 0.3) is 0 Å². The van der Waals surface area contributed by atoms with Gasteiger partial charge in [-0.25, -0.2) is 9.59 Å². The van der Waals surface area contributed by atoms with Gasteiger partial charge in [0, 0.05) is 24.1 Å². The SMILES string of the molecule is CNC(=O)NC(=O)C(C)Nc1cccc(NC(=O)Nc2ccccc2)c1. The first-order valence-corrected chi connectivity index (χ1v) is 8.00. The van der Waals surface area contributed by atoms with Gasteiger partial charge in [-0.2, -0.15) is 0 Å². The van der Waals surface area contributed by atoms with Gasteiger partial charge >= 0.3 is 12.1 Å². The molecule has 5 amide bonds. The summed E-state index contributed by atoms with van der Waals surface area (Å²) in [5.74, 6) is -0.468. The normalized spacial score (nSPS) is 11.0. The van der Waals surface area contributed by atoms with Crippen molar-refractivity contribution in [2.75, 3.05) is 23.0 Å². The third-order valence-electron chi connectivity index (χ3n) is 3.39. The van der Waals surface area contributed by atoms with E-state index < -0.39 is 18.0 Å². The molecular formula is C18H21N5O3. The molecular weight excluding hydrogens is 334 g/mol. The lowest BCUT2D eigenvalue weighted by atomic mass is 10.2. The molecule has 2 rings (SSSR count). The van der Waals surface area contributed by atoms with Gasteiger partial charge in [0.25, 0.3) is 0 Å². The highest BCUT2D eigenvalue weighted by Gasteiger charge is 2.15. The quantitative estimate of drug-likeness (QED) is 0.567. The lowest BCUT2D eigenvalue weighted by Gasteiger charge is -2.15. The van der Waals surface area contributed by atoms with Crippen molar-refractivity contribution in [2.45, 2.75) is 13.0 Å². The summed E-state index contributed by atoms with van der Waals surface area (Å²) in [6, 6.07) is 14.4.